The van der Waals surface area contributed by atoms with Crippen molar-refractivity contribution in [2.24, 2.45) is 11.3 Å². The largest absolute Gasteiger partial charge is 0.369 e. The lowest BCUT2D eigenvalue weighted by molar-refractivity contribution is 0.0919. The van der Waals surface area contributed by atoms with Crippen LogP contribution in [0.2, 0.25) is 0 Å². The van der Waals surface area contributed by atoms with Gasteiger partial charge in [0.1, 0.15) is 5.82 Å². The molecular weight excluding hydrogens is 240 g/mol. The van der Waals surface area contributed by atoms with Crippen molar-refractivity contribution in [3.05, 3.63) is 17.8 Å². The number of anilines is 1. The monoisotopic (exact) mass is 264 g/mol. The molecule has 0 saturated heterocycles. The van der Waals surface area contributed by atoms with Crippen LogP contribution in [0.3, 0.4) is 0 Å². The van der Waals surface area contributed by atoms with Crippen molar-refractivity contribution in [3.63, 3.8) is 0 Å². The summed E-state index contributed by atoms with van der Waals surface area (Å²) in [5, 5.41) is 13.8. The normalized spacial score (nSPS) is 11.5. The molecule has 1 amide bonds. The Balaban J connectivity index is 2.59. The van der Waals surface area contributed by atoms with E-state index in [0.717, 1.165) is 6.54 Å². The molecule has 1 aromatic rings. The van der Waals surface area contributed by atoms with Gasteiger partial charge in [-0.3, -0.25) is 4.79 Å². The Labute approximate surface area is 115 Å². The smallest absolute Gasteiger partial charge is 0.271 e. The van der Waals surface area contributed by atoms with Gasteiger partial charge < -0.3 is 10.6 Å². The van der Waals surface area contributed by atoms with E-state index in [9.17, 15) is 4.79 Å². The molecule has 0 spiro atoms. The minimum atomic E-state index is -0.177. The molecule has 0 aromatic carbocycles. The first-order valence-corrected chi connectivity index (χ1v) is 6.72. The van der Waals surface area contributed by atoms with Gasteiger partial charge in [0.05, 0.1) is 0 Å². The summed E-state index contributed by atoms with van der Waals surface area (Å²) >= 11 is 0. The van der Waals surface area contributed by atoms with Crippen LogP contribution in [0.15, 0.2) is 12.1 Å². The number of amides is 1. The highest BCUT2D eigenvalue weighted by Crippen LogP contribution is 2.24. The number of aromatic nitrogens is 2. The molecule has 0 aliphatic heterocycles. The van der Waals surface area contributed by atoms with Crippen LogP contribution in [0.4, 0.5) is 5.82 Å². The molecule has 0 bridgehead atoms. The van der Waals surface area contributed by atoms with Crippen molar-refractivity contribution in [1.82, 2.24) is 15.5 Å². The van der Waals surface area contributed by atoms with Crippen molar-refractivity contribution in [2.75, 3.05) is 18.4 Å². The number of hydrogen-bond donors (Lipinski definition) is 2. The topological polar surface area (TPSA) is 66.9 Å². The molecule has 19 heavy (non-hydrogen) atoms. The zero-order chi connectivity index (χ0) is 14.5. The van der Waals surface area contributed by atoms with Gasteiger partial charge in [-0.15, -0.1) is 10.2 Å². The lowest BCUT2D eigenvalue weighted by atomic mass is 9.81. The van der Waals surface area contributed by atoms with Gasteiger partial charge in [0.15, 0.2) is 5.69 Å². The van der Waals surface area contributed by atoms with E-state index in [-0.39, 0.29) is 11.3 Å². The molecule has 106 valence electrons. The Morgan fingerprint density at radius 3 is 2.47 bits per heavy atom. The Kier molecular flexibility index (Phi) is 5.27. The molecule has 5 heteroatoms. The molecular formula is C14H24N4O. The summed E-state index contributed by atoms with van der Waals surface area (Å²) in [5.74, 6) is 1.00. The number of carbonyl (C=O) groups excluding carboxylic acids is 1. The van der Waals surface area contributed by atoms with Crippen LogP contribution in [0.1, 0.15) is 45.1 Å². The molecule has 0 fully saturated rings. The first-order valence-electron chi connectivity index (χ1n) is 6.72. The predicted molar refractivity (Wildman–Crippen MR) is 77.1 cm³/mol. The maximum absolute atomic E-state index is 11.9. The zero-order valence-corrected chi connectivity index (χ0v) is 12.4. The predicted octanol–water partition coefficient (Wildman–Crippen LogP) is 2.32. The van der Waals surface area contributed by atoms with Crippen LogP contribution < -0.4 is 10.6 Å². The minimum absolute atomic E-state index is 0.0623. The van der Waals surface area contributed by atoms with Gasteiger partial charge in [-0.1, -0.05) is 27.7 Å². The third-order valence-corrected chi connectivity index (χ3v) is 3.52. The van der Waals surface area contributed by atoms with E-state index in [0.29, 0.717) is 24.0 Å². The SMILES string of the molecule is CCNc1ccc(C(=O)NCC(C)(C)C(C)C)nn1. The van der Waals surface area contributed by atoms with Crippen LogP contribution >= 0.6 is 0 Å². The van der Waals surface area contributed by atoms with Gasteiger partial charge >= 0.3 is 0 Å². The molecule has 0 aliphatic rings. The van der Waals surface area contributed by atoms with Crippen molar-refractivity contribution in [3.8, 4) is 0 Å². The Morgan fingerprint density at radius 1 is 1.32 bits per heavy atom. The fourth-order valence-electron chi connectivity index (χ4n) is 1.33. The van der Waals surface area contributed by atoms with E-state index in [4.69, 9.17) is 0 Å². The van der Waals surface area contributed by atoms with Gasteiger partial charge in [0, 0.05) is 13.1 Å². The van der Waals surface area contributed by atoms with Crippen LogP contribution in [-0.2, 0) is 0 Å². The van der Waals surface area contributed by atoms with Crippen molar-refractivity contribution in [2.45, 2.75) is 34.6 Å². The van der Waals surface area contributed by atoms with Crippen LogP contribution in [0.5, 0.6) is 0 Å². The van der Waals surface area contributed by atoms with Gasteiger partial charge in [0.25, 0.3) is 5.91 Å². The number of rotatable bonds is 6. The quantitative estimate of drug-likeness (QED) is 0.827. The Bertz CT molecular complexity index is 412. The van der Waals surface area contributed by atoms with Gasteiger partial charge in [-0.25, -0.2) is 0 Å². The maximum atomic E-state index is 11.9. The highest BCUT2D eigenvalue weighted by atomic mass is 16.1. The van der Waals surface area contributed by atoms with Crippen LogP contribution in [0.25, 0.3) is 0 Å². The minimum Gasteiger partial charge on any atom is -0.369 e. The van der Waals surface area contributed by atoms with Crippen molar-refractivity contribution >= 4 is 11.7 Å². The van der Waals surface area contributed by atoms with Crippen molar-refractivity contribution < 1.29 is 4.79 Å². The summed E-state index contributed by atoms with van der Waals surface area (Å²) in [5.41, 5.74) is 0.411. The van der Waals surface area contributed by atoms with Gasteiger partial charge in [-0.05, 0) is 30.4 Å². The van der Waals surface area contributed by atoms with Crippen LogP contribution in [0, 0.1) is 11.3 Å². The summed E-state index contributed by atoms with van der Waals surface area (Å²) in [6, 6.07) is 3.45. The molecule has 5 nitrogen and oxygen atoms in total. The van der Waals surface area contributed by atoms with Crippen LogP contribution in [-0.4, -0.2) is 29.2 Å². The van der Waals surface area contributed by atoms with Crippen molar-refractivity contribution in [1.29, 1.82) is 0 Å². The molecule has 0 saturated carbocycles. The summed E-state index contributed by atoms with van der Waals surface area (Å²) < 4.78 is 0. The van der Waals surface area contributed by atoms with E-state index in [1.807, 2.05) is 6.92 Å². The summed E-state index contributed by atoms with van der Waals surface area (Å²) in [6.45, 7) is 12.0. The number of carbonyl (C=O) groups is 1. The fraction of sp³-hybridized carbons (Fsp3) is 0.643. The molecule has 0 atom stereocenters. The Hall–Kier alpha value is -1.65. The molecule has 0 aliphatic carbocycles. The maximum Gasteiger partial charge on any atom is 0.271 e. The zero-order valence-electron chi connectivity index (χ0n) is 12.4. The molecule has 0 unspecified atom stereocenters. The lowest BCUT2D eigenvalue weighted by Crippen LogP contribution is -2.37. The van der Waals surface area contributed by atoms with E-state index < -0.39 is 0 Å². The summed E-state index contributed by atoms with van der Waals surface area (Å²) in [7, 11) is 0. The second-order valence-electron chi connectivity index (χ2n) is 5.66. The number of nitrogens with zero attached hydrogens (tertiary/aromatic N) is 2. The second kappa shape index (κ2) is 6.50. The summed E-state index contributed by atoms with van der Waals surface area (Å²) in [4.78, 5) is 11.9. The third kappa shape index (κ3) is 4.50. The number of hydrogen-bond acceptors (Lipinski definition) is 4. The summed E-state index contributed by atoms with van der Waals surface area (Å²) in [6.07, 6.45) is 0. The average molecular weight is 264 g/mol. The first kappa shape index (κ1) is 15.4. The molecule has 1 aromatic heterocycles. The highest BCUT2D eigenvalue weighted by molar-refractivity contribution is 5.92. The fourth-order valence-corrected chi connectivity index (χ4v) is 1.33. The molecule has 2 N–H and O–H groups in total. The standard InChI is InChI=1S/C14H24N4O/c1-6-15-12-8-7-11(17-18-12)13(19)16-9-14(4,5)10(2)3/h7-8,10H,6,9H2,1-5H3,(H,15,18)(H,16,19). The van der Waals surface area contributed by atoms with E-state index in [1.165, 1.54) is 0 Å². The molecule has 1 heterocycles. The van der Waals surface area contributed by atoms with E-state index in [2.05, 4.69) is 48.5 Å². The van der Waals surface area contributed by atoms with E-state index >= 15 is 0 Å². The van der Waals surface area contributed by atoms with E-state index in [1.54, 1.807) is 12.1 Å². The Morgan fingerprint density at radius 2 is 2.00 bits per heavy atom. The lowest BCUT2D eigenvalue weighted by Gasteiger charge is -2.29. The second-order valence-corrected chi connectivity index (χ2v) is 5.66. The van der Waals surface area contributed by atoms with Gasteiger partial charge in [0.2, 0.25) is 0 Å². The van der Waals surface area contributed by atoms with Gasteiger partial charge in [-0.2, -0.15) is 0 Å². The molecule has 0 radical (unpaired) electrons. The molecule has 1 rings (SSSR count). The highest BCUT2D eigenvalue weighted by Gasteiger charge is 2.23. The number of nitrogens with one attached hydrogen (secondary N) is 2. The average Bonchev–Trinajstić information content (AvgIpc) is 2.37. The first-order chi connectivity index (χ1) is 8.86. The third-order valence-electron chi connectivity index (χ3n) is 3.52.